The second kappa shape index (κ2) is 11.2. The lowest BCUT2D eigenvalue weighted by Gasteiger charge is -2.28. The van der Waals surface area contributed by atoms with Crippen LogP contribution in [0.1, 0.15) is 24.8 Å². The maximum Gasteiger partial charge on any atom is 0.264 e. The van der Waals surface area contributed by atoms with E-state index in [0.29, 0.717) is 12.2 Å². The van der Waals surface area contributed by atoms with Crippen LogP contribution < -0.4 is 14.5 Å². The number of carbonyl (C=O) groups excluding carboxylic acids is 1. The van der Waals surface area contributed by atoms with Crippen LogP contribution in [0.4, 0.5) is 11.4 Å². The summed E-state index contributed by atoms with van der Waals surface area (Å²) in [5.74, 6) is -0.363. The third-order valence-electron chi connectivity index (χ3n) is 5.88. The number of carbonyl (C=O) groups is 1. The van der Waals surface area contributed by atoms with Crippen LogP contribution in [0.5, 0.6) is 0 Å². The van der Waals surface area contributed by atoms with Crippen LogP contribution in [0.15, 0.2) is 83.8 Å². The summed E-state index contributed by atoms with van der Waals surface area (Å²) in [6.45, 7) is 2.20. The summed E-state index contributed by atoms with van der Waals surface area (Å²) in [5.41, 5.74) is 2.62. The zero-order valence-corrected chi connectivity index (χ0v) is 21.8. The predicted molar refractivity (Wildman–Crippen MR) is 144 cm³/mol. The Kier molecular flexibility index (Phi) is 8.10. The first kappa shape index (κ1) is 24.5. The molecule has 1 fully saturated rings. The number of benzene rings is 3. The van der Waals surface area contributed by atoms with Crippen LogP contribution in [0, 0.1) is 3.57 Å². The van der Waals surface area contributed by atoms with E-state index < -0.39 is 10.0 Å². The van der Waals surface area contributed by atoms with Gasteiger partial charge in [0.15, 0.2) is 0 Å². The highest BCUT2D eigenvalue weighted by atomic mass is 127. The van der Waals surface area contributed by atoms with Crippen molar-refractivity contribution in [2.45, 2.75) is 30.7 Å². The Hall–Kier alpha value is -2.59. The fraction of sp³-hybridized carbons (Fsp3) is 0.269. The van der Waals surface area contributed by atoms with Gasteiger partial charge in [-0.05, 0) is 95.9 Å². The molecule has 3 aromatic rings. The fourth-order valence-corrected chi connectivity index (χ4v) is 5.81. The monoisotopic (exact) mass is 589 g/mol. The molecule has 1 amide bonds. The predicted octanol–water partition coefficient (Wildman–Crippen LogP) is 4.79. The molecule has 0 aliphatic carbocycles. The normalized spacial score (nSPS) is 14.0. The summed E-state index contributed by atoms with van der Waals surface area (Å²) in [6.07, 6.45) is 3.74. The zero-order valence-electron chi connectivity index (χ0n) is 18.9. The van der Waals surface area contributed by atoms with E-state index in [2.05, 4.69) is 44.9 Å². The van der Waals surface area contributed by atoms with E-state index >= 15 is 0 Å². The number of hydrogen-bond donors (Lipinski definition) is 1. The van der Waals surface area contributed by atoms with Crippen molar-refractivity contribution < 1.29 is 13.2 Å². The maximum absolute atomic E-state index is 13.4. The molecule has 3 aromatic carbocycles. The number of nitrogens with one attached hydrogen (secondary N) is 1. The highest BCUT2D eigenvalue weighted by Gasteiger charge is 2.27. The Bertz CT molecular complexity index is 1190. The molecule has 0 atom stereocenters. The SMILES string of the molecule is O=C(CN(c1ccc(I)cc1)S(=O)(=O)c1ccccc1)NCc1ccc(N2CCCCC2)cc1. The molecular formula is C26H28IN3O3S. The molecule has 6 nitrogen and oxygen atoms in total. The second-order valence-electron chi connectivity index (χ2n) is 8.29. The standard InChI is InChI=1S/C26H28IN3O3S/c27-22-11-15-24(16-12-22)30(34(32,33)25-7-3-1-4-8-25)20-26(31)28-19-21-9-13-23(14-10-21)29-17-5-2-6-18-29/h1,3-4,7-16H,2,5-6,17-20H2,(H,28,31). The molecule has 0 unspecified atom stereocenters. The Morgan fingerprint density at radius 3 is 2.18 bits per heavy atom. The van der Waals surface area contributed by atoms with Crippen molar-refractivity contribution in [3.63, 3.8) is 0 Å². The molecule has 0 bridgehead atoms. The van der Waals surface area contributed by atoms with E-state index in [1.807, 2.05) is 24.3 Å². The summed E-state index contributed by atoms with van der Waals surface area (Å²) in [6, 6.07) is 23.5. The van der Waals surface area contributed by atoms with Crippen molar-refractivity contribution in [1.29, 1.82) is 0 Å². The van der Waals surface area contributed by atoms with Gasteiger partial charge in [-0.3, -0.25) is 9.10 Å². The molecule has 1 aliphatic heterocycles. The molecule has 0 radical (unpaired) electrons. The average Bonchev–Trinajstić information content (AvgIpc) is 2.88. The van der Waals surface area contributed by atoms with Gasteiger partial charge in [0, 0.05) is 28.9 Å². The van der Waals surface area contributed by atoms with Crippen molar-refractivity contribution in [3.8, 4) is 0 Å². The molecule has 34 heavy (non-hydrogen) atoms. The fourth-order valence-electron chi connectivity index (χ4n) is 4.01. The third-order valence-corrected chi connectivity index (χ3v) is 8.39. The minimum absolute atomic E-state index is 0.148. The lowest BCUT2D eigenvalue weighted by atomic mass is 10.1. The summed E-state index contributed by atoms with van der Waals surface area (Å²) in [5, 5.41) is 2.87. The van der Waals surface area contributed by atoms with Gasteiger partial charge in [0.25, 0.3) is 10.0 Å². The number of rotatable bonds is 8. The van der Waals surface area contributed by atoms with Gasteiger partial charge in [-0.1, -0.05) is 30.3 Å². The summed E-state index contributed by atoms with van der Waals surface area (Å²) in [4.78, 5) is 15.4. The molecule has 8 heteroatoms. The number of anilines is 2. The molecule has 0 spiro atoms. The zero-order chi connectivity index (χ0) is 24.0. The van der Waals surface area contributed by atoms with Gasteiger partial charge in [0.2, 0.25) is 5.91 Å². The van der Waals surface area contributed by atoms with Gasteiger partial charge in [-0.25, -0.2) is 8.42 Å². The molecule has 1 saturated heterocycles. The van der Waals surface area contributed by atoms with E-state index in [-0.39, 0.29) is 17.3 Å². The van der Waals surface area contributed by atoms with Crippen molar-refractivity contribution in [2.75, 3.05) is 28.8 Å². The molecular weight excluding hydrogens is 561 g/mol. The molecule has 1 heterocycles. The van der Waals surface area contributed by atoms with Crippen LogP contribution in [0.2, 0.25) is 0 Å². The quantitative estimate of drug-likeness (QED) is 0.384. The molecule has 178 valence electrons. The molecule has 4 rings (SSSR count). The van der Waals surface area contributed by atoms with Crippen LogP contribution in [-0.2, 0) is 21.4 Å². The maximum atomic E-state index is 13.4. The van der Waals surface area contributed by atoms with Crippen molar-refractivity contribution in [3.05, 3.63) is 88.0 Å². The number of sulfonamides is 1. The lowest BCUT2D eigenvalue weighted by Crippen LogP contribution is -2.40. The summed E-state index contributed by atoms with van der Waals surface area (Å²) < 4.78 is 28.9. The van der Waals surface area contributed by atoms with E-state index in [1.54, 1.807) is 30.3 Å². The largest absolute Gasteiger partial charge is 0.372 e. The van der Waals surface area contributed by atoms with Gasteiger partial charge in [0.05, 0.1) is 10.6 Å². The molecule has 0 saturated carbocycles. The van der Waals surface area contributed by atoms with Gasteiger partial charge in [-0.2, -0.15) is 0 Å². The Balaban J connectivity index is 1.45. The lowest BCUT2D eigenvalue weighted by molar-refractivity contribution is -0.119. The molecule has 0 aromatic heterocycles. The van der Waals surface area contributed by atoms with Crippen LogP contribution in [-0.4, -0.2) is 34.0 Å². The first-order valence-corrected chi connectivity index (χ1v) is 13.9. The van der Waals surface area contributed by atoms with Crippen molar-refractivity contribution in [2.24, 2.45) is 0 Å². The Morgan fingerprint density at radius 2 is 1.53 bits per heavy atom. The summed E-state index contributed by atoms with van der Waals surface area (Å²) in [7, 11) is -3.90. The minimum Gasteiger partial charge on any atom is -0.372 e. The third kappa shape index (κ3) is 6.09. The van der Waals surface area contributed by atoms with E-state index in [9.17, 15) is 13.2 Å². The van der Waals surface area contributed by atoms with Crippen molar-refractivity contribution >= 4 is 49.9 Å². The Morgan fingerprint density at radius 1 is 0.882 bits per heavy atom. The van der Waals surface area contributed by atoms with Crippen LogP contribution >= 0.6 is 22.6 Å². The van der Waals surface area contributed by atoms with Gasteiger partial charge in [0.1, 0.15) is 6.54 Å². The van der Waals surface area contributed by atoms with E-state index in [0.717, 1.165) is 26.5 Å². The summed E-state index contributed by atoms with van der Waals surface area (Å²) >= 11 is 2.16. The minimum atomic E-state index is -3.90. The first-order chi connectivity index (χ1) is 16.4. The number of hydrogen-bond acceptors (Lipinski definition) is 4. The van der Waals surface area contributed by atoms with Gasteiger partial charge >= 0.3 is 0 Å². The number of piperidine rings is 1. The highest BCUT2D eigenvalue weighted by molar-refractivity contribution is 14.1. The molecule has 1 aliphatic rings. The number of halogens is 1. The van der Waals surface area contributed by atoms with E-state index in [4.69, 9.17) is 0 Å². The highest BCUT2D eigenvalue weighted by Crippen LogP contribution is 2.24. The first-order valence-electron chi connectivity index (χ1n) is 11.4. The van der Waals surface area contributed by atoms with Gasteiger partial charge in [-0.15, -0.1) is 0 Å². The van der Waals surface area contributed by atoms with Crippen LogP contribution in [0.3, 0.4) is 0 Å². The topological polar surface area (TPSA) is 69.7 Å². The van der Waals surface area contributed by atoms with Crippen LogP contribution in [0.25, 0.3) is 0 Å². The van der Waals surface area contributed by atoms with E-state index in [1.165, 1.54) is 37.1 Å². The number of amides is 1. The van der Waals surface area contributed by atoms with Gasteiger partial charge < -0.3 is 10.2 Å². The van der Waals surface area contributed by atoms with Crippen molar-refractivity contribution in [1.82, 2.24) is 5.32 Å². The molecule has 1 N–H and O–H groups in total. The second-order valence-corrected chi connectivity index (χ2v) is 11.4. The average molecular weight is 589 g/mol. The Labute approximate surface area is 215 Å². The smallest absolute Gasteiger partial charge is 0.264 e. The number of nitrogens with zero attached hydrogens (tertiary/aromatic N) is 2.